The van der Waals surface area contributed by atoms with E-state index in [1.165, 1.54) is 5.56 Å². The van der Waals surface area contributed by atoms with Gasteiger partial charge in [-0.05, 0) is 36.1 Å². The van der Waals surface area contributed by atoms with Crippen LogP contribution in [-0.2, 0) is 33.7 Å². The molecule has 0 aliphatic carbocycles. The molecule has 3 aromatic rings. The van der Waals surface area contributed by atoms with Crippen LogP contribution in [-0.4, -0.2) is 34.4 Å². The Morgan fingerprint density at radius 1 is 1.11 bits per heavy atom. The molecule has 5 heteroatoms. The van der Waals surface area contributed by atoms with Gasteiger partial charge in [0.15, 0.2) is 6.10 Å². The summed E-state index contributed by atoms with van der Waals surface area (Å²) >= 11 is 0. The second-order valence-corrected chi connectivity index (χ2v) is 6.95. The van der Waals surface area contributed by atoms with Crippen molar-refractivity contribution >= 4 is 22.8 Å². The molecule has 0 fully saturated rings. The van der Waals surface area contributed by atoms with E-state index in [9.17, 15) is 9.59 Å². The SMILES string of the molecule is C[C@@H](OC(=O)Cc1c[nH]c2ccccc12)C(=O)N1CCc2ccccc2C1. The second-order valence-electron chi connectivity index (χ2n) is 6.95. The van der Waals surface area contributed by atoms with Crippen LogP contribution in [0.5, 0.6) is 0 Å². The number of rotatable bonds is 4. The lowest BCUT2D eigenvalue weighted by Gasteiger charge is -2.30. The fraction of sp³-hybridized carbons (Fsp3) is 0.273. The number of esters is 1. The van der Waals surface area contributed by atoms with Crippen molar-refractivity contribution in [2.45, 2.75) is 32.4 Å². The Bertz CT molecular complexity index is 992. The van der Waals surface area contributed by atoms with Crippen LogP contribution >= 0.6 is 0 Å². The van der Waals surface area contributed by atoms with Gasteiger partial charge in [-0.15, -0.1) is 0 Å². The summed E-state index contributed by atoms with van der Waals surface area (Å²) in [4.78, 5) is 30.0. The molecule has 27 heavy (non-hydrogen) atoms. The molecule has 1 amide bonds. The molecule has 138 valence electrons. The number of carbonyl (C=O) groups is 2. The van der Waals surface area contributed by atoms with E-state index in [1.807, 2.05) is 48.7 Å². The van der Waals surface area contributed by atoms with Gasteiger partial charge < -0.3 is 14.6 Å². The van der Waals surface area contributed by atoms with Gasteiger partial charge in [0.05, 0.1) is 6.42 Å². The van der Waals surface area contributed by atoms with Crippen LogP contribution in [0.3, 0.4) is 0 Å². The molecular weight excluding hydrogens is 340 g/mol. The minimum atomic E-state index is -0.784. The summed E-state index contributed by atoms with van der Waals surface area (Å²) < 4.78 is 5.43. The summed E-state index contributed by atoms with van der Waals surface area (Å²) in [6.45, 7) is 2.87. The summed E-state index contributed by atoms with van der Waals surface area (Å²) in [5.41, 5.74) is 4.30. The van der Waals surface area contributed by atoms with Gasteiger partial charge >= 0.3 is 5.97 Å². The number of nitrogens with one attached hydrogen (secondary N) is 1. The van der Waals surface area contributed by atoms with E-state index in [1.54, 1.807) is 11.8 Å². The molecule has 0 bridgehead atoms. The van der Waals surface area contributed by atoms with Crippen LogP contribution in [0.2, 0.25) is 0 Å². The van der Waals surface area contributed by atoms with Gasteiger partial charge in [-0.2, -0.15) is 0 Å². The Balaban J connectivity index is 1.38. The molecular formula is C22H22N2O3. The number of benzene rings is 2. The van der Waals surface area contributed by atoms with Crippen molar-refractivity contribution in [2.24, 2.45) is 0 Å². The van der Waals surface area contributed by atoms with Crippen molar-refractivity contribution in [3.8, 4) is 0 Å². The number of aromatic nitrogens is 1. The largest absolute Gasteiger partial charge is 0.452 e. The number of ether oxygens (including phenoxy) is 1. The monoisotopic (exact) mass is 362 g/mol. The summed E-state index contributed by atoms with van der Waals surface area (Å²) in [7, 11) is 0. The van der Waals surface area contributed by atoms with Crippen molar-refractivity contribution in [2.75, 3.05) is 6.54 Å². The fourth-order valence-electron chi connectivity index (χ4n) is 3.66. The van der Waals surface area contributed by atoms with E-state index >= 15 is 0 Å². The third-order valence-electron chi connectivity index (χ3n) is 5.11. The van der Waals surface area contributed by atoms with Crippen LogP contribution in [0.25, 0.3) is 10.9 Å². The number of hydrogen-bond acceptors (Lipinski definition) is 3. The molecule has 0 spiro atoms. The van der Waals surface area contributed by atoms with Gasteiger partial charge in [0.25, 0.3) is 5.91 Å². The van der Waals surface area contributed by atoms with Crippen LogP contribution in [0, 0.1) is 0 Å². The normalized spacial score (nSPS) is 14.6. The molecule has 4 rings (SSSR count). The first kappa shape index (κ1) is 17.3. The summed E-state index contributed by atoms with van der Waals surface area (Å²) in [5.74, 6) is -0.533. The number of nitrogens with zero attached hydrogens (tertiary/aromatic N) is 1. The van der Waals surface area contributed by atoms with Crippen LogP contribution in [0.15, 0.2) is 54.7 Å². The molecule has 2 aromatic carbocycles. The molecule has 0 saturated carbocycles. The second kappa shape index (κ2) is 7.27. The summed E-state index contributed by atoms with van der Waals surface area (Å²) in [6, 6.07) is 16.0. The van der Waals surface area contributed by atoms with Crippen molar-refractivity contribution < 1.29 is 14.3 Å². The average molecular weight is 362 g/mol. The molecule has 0 radical (unpaired) electrons. The molecule has 5 nitrogen and oxygen atoms in total. The Labute approximate surface area is 157 Å². The number of carbonyl (C=O) groups excluding carboxylic acids is 2. The minimum absolute atomic E-state index is 0.142. The third-order valence-corrected chi connectivity index (χ3v) is 5.11. The number of hydrogen-bond donors (Lipinski definition) is 1. The van der Waals surface area contributed by atoms with E-state index in [2.05, 4.69) is 11.1 Å². The maximum absolute atomic E-state index is 12.7. The maximum atomic E-state index is 12.7. The van der Waals surface area contributed by atoms with Crippen molar-refractivity contribution in [3.05, 3.63) is 71.4 Å². The predicted molar refractivity (Wildman–Crippen MR) is 103 cm³/mol. The van der Waals surface area contributed by atoms with E-state index in [0.717, 1.165) is 28.5 Å². The molecule has 0 saturated heterocycles. The molecule has 1 atom stereocenters. The van der Waals surface area contributed by atoms with Gasteiger partial charge in [0, 0.05) is 30.2 Å². The Morgan fingerprint density at radius 3 is 2.70 bits per heavy atom. The van der Waals surface area contributed by atoms with Gasteiger partial charge in [-0.3, -0.25) is 9.59 Å². The average Bonchev–Trinajstić information content (AvgIpc) is 3.09. The van der Waals surface area contributed by atoms with Crippen molar-refractivity contribution in [3.63, 3.8) is 0 Å². The quantitative estimate of drug-likeness (QED) is 0.725. The lowest BCUT2D eigenvalue weighted by Crippen LogP contribution is -2.42. The summed E-state index contributed by atoms with van der Waals surface area (Å²) in [6.07, 6.45) is 2.01. The number of H-pyrrole nitrogens is 1. The molecule has 1 N–H and O–H groups in total. The standard InChI is InChI=1S/C22H22N2O3/c1-15(22(26)24-11-10-16-6-2-3-7-17(16)14-24)27-21(25)12-18-13-23-20-9-5-4-8-19(18)20/h2-9,13,15,23H,10-12,14H2,1H3/t15-/m1/s1. The first-order chi connectivity index (χ1) is 13.1. The highest BCUT2D eigenvalue weighted by Crippen LogP contribution is 2.21. The summed E-state index contributed by atoms with van der Waals surface area (Å²) in [5, 5.41) is 1.00. The zero-order valence-corrected chi connectivity index (χ0v) is 15.3. The first-order valence-electron chi connectivity index (χ1n) is 9.22. The lowest BCUT2D eigenvalue weighted by atomic mass is 9.99. The predicted octanol–water partition coefficient (Wildman–Crippen LogP) is 3.23. The van der Waals surface area contributed by atoms with E-state index in [4.69, 9.17) is 4.74 Å². The Morgan fingerprint density at radius 2 is 1.85 bits per heavy atom. The smallest absolute Gasteiger partial charge is 0.311 e. The molecule has 0 unspecified atom stereocenters. The zero-order chi connectivity index (χ0) is 18.8. The number of aromatic amines is 1. The highest BCUT2D eigenvalue weighted by molar-refractivity contribution is 5.88. The topological polar surface area (TPSA) is 62.4 Å². The van der Waals surface area contributed by atoms with E-state index < -0.39 is 12.1 Å². The van der Waals surface area contributed by atoms with Crippen LogP contribution < -0.4 is 0 Å². The minimum Gasteiger partial charge on any atom is -0.452 e. The Hall–Kier alpha value is -3.08. The van der Waals surface area contributed by atoms with Gasteiger partial charge in [-0.1, -0.05) is 42.5 Å². The molecule has 1 aliphatic rings. The maximum Gasteiger partial charge on any atom is 0.311 e. The molecule has 1 aromatic heterocycles. The van der Waals surface area contributed by atoms with Gasteiger partial charge in [0.1, 0.15) is 0 Å². The van der Waals surface area contributed by atoms with Gasteiger partial charge in [-0.25, -0.2) is 0 Å². The fourth-order valence-corrected chi connectivity index (χ4v) is 3.66. The lowest BCUT2D eigenvalue weighted by molar-refractivity contribution is -0.159. The number of para-hydroxylation sites is 1. The number of amides is 1. The molecule has 1 aliphatic heterocycles. The van der Waals surface area contributed by atoms with Crippen molar-refractivity contribution in [1.29, 1.82) is 0 Å². The van der Waals surface area contributed by atoms with Crippen molar-refractivity contribution in [1.82, 2.24) is 9.88 Å². The Kier molecular flexibility index (Phi) is 4.67. The third kappa shape index (κ3) is 3.58. The molecule has 2 heterocycles. The highest BCUT2D eigenvalue weighted by atomic mass is 16.5. The van der Waals surface area contributed by atoms with Crippen LogP contribution in [0.4, 0.5) is 0 Å². The van der Waals surface area contributed by atoms with Crippen LogP contribution in [0.1, 0.15) is 23.6 Å². The van der Waals surface area contributed by atoms with E-state index in [-0.39, 0.29) is 12.3 Å². The van der Waals surface area contributed by atoms with E-state index in [0.29, 0.717) is 13.1 Å². The highest BCUT2D eigenvalue weighted by Gasteiger charge is 2.27. The zero-order valence-electron chi connectivity index (χ0n) is 15.3. The van der Waals surface area contributed by atoms with Gasteiger partial charge in [0.2, 0.25) is 0 Å². The number of fused-ring (bicyclic) bond motifs is 2. The first-order valence-corrected chi connectivity index (χ1v) is 9.22.